The van der Waals surface area contributed by atoms with Crippen molar-refractivity contribution in [3.05, 3.63) is 0 Å². The largest absolute Gasteiger partial charge is 0.312 e. The smallest absolute Gasteiger partial charge is 0.00791 e. The minimum Gasteiger partial charge on any atom is -0.312 e. The van der Waals surface area contributed by atoms with Gasteiger partial charge in [0, 0.05) is 12.1 Å². The fraction of sp³-hybridized carbons (Fsp3) is 1.00. The van der Waals surface area contributed by atoms with E-state index < -0.39 is 0 Å². The third kappa shape index (κ3) is 38.7. The van der Waals surface area contributed by atoms with Gasteiger partial charge in [0.15, 0.2) is 0 Å². The lowest BCUT2D eigenvalue weighted by Crippen LogP contribution is -2.10. The Balaban J connectivity index is 0. The zero-order valence-electron chi connectivity index (χ0n) is 8.75. The number of nitrogens with zero attached hydrogens (tertiary/aromatic N) is 3. The van der Waals surface area contributed by atoms with Gasteiger partial charge in [-0.3, -0.25) is 0 Å². The van der Waals surface area contributed by atoms with Crippen LogP contribution in [0.15, 0.2) is 0 Å². The second-order valence-electron chi connectivity index (χ2n) is 3.05. The molecule has 3 nitrogen and oxygen atoms in total. The highest BCUT2D eigenvalue weighted by Gasteiger charge is 1.89. The fourth-order valence-corrected chi connectivity index (χ4v) is 0.980. The molecule has 0 aromatic carbocycles. The second kappa shape index (κ2) is 8.33. The summed E-state index contributed by atoms with van der Waals surface area (Å²) in [6, 6.07) is 0. The molecule has 0 rings (SSSR count). The van der Waals surface area contributed by atoms with Crippen LogP contribution in [-0.4, -0.2) is 62.8 Å². The van der Waals surface area contributed by atoms with Crippen molar-refractivity contribution in [1.82, 2.24) is 13.5 Å². The highest BCUT2D eigenvalue weighted by atomic mass is 32.2. The van der Waals surface area contributed by atoms with Gasteiger partial charge in [-0.2, -0.15) is 0 Å². The molecule has 0 amide bonds. The SMILES string of the molecule is CN(C)C.CN(C)SN(C)C. The van der Waals surface area contributed by atoms with Gasteiger partial charge in [0.25, 0.3) is 0 Å². The van der Waals surface area contributed by atoms with Crippen LogP contribution in [0.1, 0.15) is 0 Å². The van der Waals surface area contributed by atoms with Gasteiger partial charge in [0.2, 0.25) is 0 Å². The molecule has 0 saturated heterocycles. The Morgan fingerprint density at radius 2 is 0.818 bits per heavy atom. The maximum absolute atomic E-state index is 2.04. The first kappa shape index (κ1) is 13.8. The van der Waals surface area contributed by atoms with Gasteiger partial charge in [-0.05, 0) is 49.3 Å². The van der Waals surface area contributed by atoms with Crippen LogP contribution in [0, 0.1) is 0 Å². The van der Waals surface area contributed by atoms with Gasteiger partial charge in [-0.25, -0.2) is 8.61 Å². The molecule has 0 aliphatic carbocycles. The van der Waals surface area contributed by atoms with Crippen molar-refractivity contribution >= 4 is 12.1 Å². The highest BCUT2D eigenvalue weighted by Crippen LogP contribution is 2.03. The third-order valence-corrected chi connectivity index (χ3v) is 0.980. The molecule has 0 aliphatic rings. The summed E-state index contributed by atoms with van der Waals surface area (Å²) in [5.41, 5.74) is 0. The molecule has 0 atom stereocenters. The van der Waals surface area contributed by atoms with Crippen molar-refractivity contribution < 1.29 is 0 Å². The van der Waals surface area contributed by atoms with Crippen LogP contribution in [0.5, 0.6) is 0 Å². The minimum absolute atomic E-state index is 1.68. The minimum atomic E-state index is 1.68. The van der Waals surface area contributed by atoms with Crippen molar-refractivity contribution in [3.63, 3.8) is 0 Å². The van der Waals surface area contributed by atoms with E-state index in [2.05, 4.69) is 0 Å². The van der Waals surface area contributed by atoms with Gasteiger partial charge in [-0.15, -0.1) is 0 Å². The molecule has 0 fully saturated rings. The zero-order valence-corrected chi connectivity index (χ0v) is 9.57. The summed E-state index contributed by atoms with van der Waals surface area (Å²) in [6.45, 7) is 0. The molecular weight excluding hydrogens is 158 g/mol. The van der Waals surface area contributed by atoms with E-state index in [0.717, 1.165) is 0 Å². The molecule has 0 bridgehead atoms. The lowest BCUT2D eigenvalue weighted by Gasteiger charge is -2.12. The van der Waals surface area contributed by atoms with Gasteiger partial charge >= 0.3 is 0 Å². The summed E-state index contributed by atoms with van der Waals surface area (Å²) >= 11 is 1.68. The predicted molar refractivity (Wildman–Crippen MR) is 54.6 cm³/mol. The maximum Gasteiger partial charge on any atom is 0.00791 e. The van der Waals surface area contributed by atoms with E-state index in [-0.39, 0.29) is 0 Å². The summed E-state index contributed by atoms with van der Waals surface area (Å²) in [5, 5.41) is 0. The third-order valence-electron chi connectivity index (χ3n) is 0.327. The summed E-state index contributed by atoms with van der Waals surface area (Å²) in [7, 11) is 14.1. The van der Waals surface area contributed by atoms with Gasteiger partial charge in [-0.1, -0.05) is 0 Å². The van der Waals surface area contributed by atoms with E-state index in [1.807, 2.05) is 62.8 Å². The zero-order chi connectivity index (χ0) is 9.44. The number of hydrogen-bond acceptors (Lipinski definition) is 4. The average Bonchev–Trinajstić information content (AvgIpc) is 1.56. The van der Waals surface area contributed by atoms with E-state index in [0.29, 0.717) is 0 Å². The molecule has 0 N–H and O–H groups in total. The van der Waals surface area contributed by atoms with Crippen molar-refractivity contribution in [2.24, 2.45) is 0 Å². The summed E-state index contributed by atoms with van der Waals surface area (Å²) in [6.07, 6.45) is 0. The van der Waals surface area contributed by atoms with Crippen molar-refractivity contribution in [1.29, 1.82) is 0 Å². The van der Waals surface area contributed by atoms with Crippen LogP contribution < -0.4 is 0 Å². The second-order valence-corrected chi connectivity index (χ2v) is 4.67. The molecule has 0 aliphatic heterocycles. The fourth-order valence-electron chi connectivity index (χ4n) is 0.327. The molecule has 4 heteroatoms. The molecule has 0 heterocycles. The van der Waals surface area contributed by atoms with Crippen molar-refractivity contribution in [2.45, 2.75) is 0 Å². The average molecular weight is 179 g/mol. The summed E-state index contributed by atoms with van der Waals surface area (Å²) < 4.78 is 4.08. The highest BCUT2D eigenvalue weighted by molar-refractivity contribution is 7.94. The van der Waals surface area contributed by atoms with E-state index in [1.165, 1.54) is 0 Å². The van der Waals surface area contributed by atoms with E-state index in [1.54, 1.807) is 12.1 Å². The Hall–Kier alpha value is 0.230. The molecule has 0 spiro atoms. The van der Waals surface area contributed by atoms with Gasteiger partial charge < -0.3 is 4.90 Å². The number of rotatable bonds is 2. The van der Waals surface area contributed by atoms with Crippen LogP contribution in [0.25, 0.3) is 0 Å². The molecule has 0 radical (unpaired) electrons. The topological polar surface area (TPSA) is 9.72 Å². The van der Waals surface area contributed by atoms with Crippen LogP contribution >= 0.6 is 12.1 Å². The lowest BCUT2D eigenvalue weighted by molar-refractivity contribution is 0.505. The van der Waals surface area contributed by atoms with Crippen LogP contribution in [-0.2, 0) is 0 Å². The van der Waals surface area contributed by atoms with Gasteiger partial charge in [0.1, 0.15) is 0 Å². The standard InChI is InChI=1S/C4H12N2S.C3H9N/c1-5(2)7-6(3)4;1-4(2)3/h1-4H3;1-3H3. The van der Waals surface area contributed by atoms with Crippen LogP contribution in [0.3, 0.4) is 0 Å². The van der Waals surface area contributed by atoms with Crippen molar-refractivity contribution in [2.75, 3.05) is 49.3 Å². The Kier molecular flexibility index (Phi) is 10.4. The first-order valence-corrected chi connectivity index (χ1v) is 4.23. The molecule has 70 valence electrons. The van der Waals surface area contributed by atoms with Crippen molar-refractivity contribution in [3.8, 4) is 0 Å². The molecular formula is C7H21N3S. The summed E-state index contributed by atoms with van der Waals surface area (Å²) in [4.78, 5) is 2.00. The molecule has 0 saturated carbocycles. The lowest BCUT2D eigenvalue weighted by atomic mass is 11.0. The maximum atomic E-state index is 2.04. The first-order valence-electron chi connectivity index (χ1n) is 3.50. The quantitative estimate of drug-likeness (QED) is 0.581. The summed E-state index contributed by atoms with van der Waals surface area (Å²) in [5.74, 6) is 0. The Bertz CT molecular complexity index is 65.3. The predicted octanol–water partition coefficient (Wildman–Crippen LogP) is 0.851. The molecule has 0 aromatic rings. The number of hydrogen-bond donors (Lipinski definition) is 0. The molecule has 11 heavy (non-hydrogen) atoms. The first-order chi connectivity index (χ1) is 4.86. The van der Waals surface area contributed by atoms with E-state index in [9.17, 15) is 0 Å². The molecule has 0 unspecified atom stereocenters. The van der Waals surface area contributed by atoms with Crippen LogP contribution in [0.4, 0.5) is 0 Å². The Morgan fingerprint density at radius 1 is 0.636 bits per heavy atom. The molecule has 0 aromatic heterocycles. The van der Waals surface area contributed by atoms with E-state index >= 15 is 0 Å². The Labute approximate surface area is 75.6 Å². The monoisotopic (exact) mass is 179 g/mol. The Morgan fingerprint density at radius 3 is 0.818 bits per heavy atom. The van der Waals surface area contributed by atoms with E-state index in [4.69, 9.17) is 0 Å². The normalized spacial score (nSPS) is 10.4. The van der Waals surface area contributed by atoms with Gasteiger partial charge in [0.05, 0.1) is 0 Å². The van der Waals surface area contributed by atoms with Crippen LogP contribution in [0.2, 0.25) is 0 Å².